The van der Waals surface area contributed by atoms with E-state index in [1.165, 1.54) is 0 Å². The van der Waals surface area contributed by atoms with Gasteiger partial charge in [0.05, 0.1) is 17.7 Å². The maximum Gasteiger partial charge on any atom is 0.322 e. The fourth-order valence-corrected chi connectivity index (χ4v) is 5.68. The van der Waals surface area contributed by atoms with E-state index in [2.05, 4.69) is 38.6 Å². The maximum atomic E-state index is 12.5. The van der Waals surface area contributed by atoms with E-state index in [0.717, 1.165) is 54.4 Å². The molecule has 2 N–H and O–H groups in total. The second kappa shape index (κ2) is 9.90. The molecule has 0 aromatic heterocycles. The molecule has 0 bridgehead atoms. The van der Waals surface area contributed by atoms with Crippen LogP contribution >= 0.6 is 0 Å². The van der Waals surface area contributed by atoms with Crippen LogP contribution in [0.5, 0.6) is 0 Å². The Kier molecular flexibility index (Phi) is 6.53. The van der Waals surface area contributed by atoms with Crippen molar-refractivity contribution in [1.29, 1.82) is 5.26 Å². The fourth-order valence-electron chi connectivity index (χ4n) is 4.76. The lowest BCUT2D eigenvalue weighted by atomic mass is 10.0. The molecule has 1 fully saturated rings. The van der Waals surface area contributed by atoms with E-state index in [0.29, 0.717) is 23.5 Å². The first-order valence-corrected chi connectivity index (χ1v) is 13.2. The number of allylic oxidation sites excluding steroid dienone is 1. The first kappa shape index (κ1) is 23.1. The second-order valence-electron chi connectivity index (χ2n) is 9.03. The van der Waals surface area contributed by atoms with E-state index in [9.17, 15) is 8.42 Å². The first-order chi connectivity index (χ1) is 17.0. The highest BCUT2D eigenvalue weighted by atomic mass is 32.2. The monoisotopic (exact) mass is 485 g/mol. The third-order valence-electron chi connectivity index (χ3n) is 6.42. The fraction of sp³-hybridized carbons (Fsp3) is 0.259. The largest absolute Gasteiger partial charge is 0.322 e. The molecule has 0 spiro atoms. The number of benzene rings is 3. The van der Waals surface area contributed by atoms with Crippen molar-refractivity contribution < 1.29 is 8.42 Å². The van der Waals surface area contributed by atoms with Gasteiger partial charge in [0.15, 0.2) is 0 Å². The highest BCUT2D eigenvalue weighted by Crippen LogP contribution is 2.22. The molecular formula is C27H27N5O2S. The third-order valence-corrected chi connectivity index (χ3v) is 7.43. The number of nitrogens with one attached hydrogen (secondary N) is 2. The van der Waals surface area contributed by atoms with Gasteiger partial charge in [-0.3, -0.25) is 19.3 Å². The summed E-state index contributed by atoms with van der Waals surface area (Å²) in [5.74, 6) is 0.388. The molecule has 2 heterocycles. The van der Waals surface area contributed by atoms with Crippen LogP contribution in [-0.2, 0) is 23.2 Å². The summed E-state index contributed by atoms with van der Waals surface area (Å²) in [5, 5.41) is 11.3. The Bertz CT molecular complexity index is 1440. The quantitative estimate of drug-likeness (QED) is 0.577. The Hall–Kier alpha value is -3.67. The first-order valence-electron chi connectivity index (χ1n) is 11.7. The molecule has 5 rings (SSSR count). The predicted octanol–water partition coefficient (Wildman–Crippen LogP) is 3.64. The number of hydrogen-bond donors (Lipinski definition) is 2. The SMILES string of the molecule is N#Cc1cccc(CN2CCC(N=C3C=C(Cc4cccc5ccccc45)NS(=O)(=O)N3)CC2)c1. The van der Waals surface area contributed by atoms with Crippen molar-refractivity contribution in [3.63, 3.8) is 0 Å². The summed E-state index contributed by atoms with van der Waals surface area (Å²) in [6.45, 7) is 2.54. The number of amidine groups is 1. The van der Waals surface area contributed by atoms with E-state index in [1.54, 1.807) is 0 Å². The summed E-state index contributed by atoms with van der Waals surface area (Å²) in [4.78, 5) is 7.10. The smallest absolute Gasteiger partial charge is 0.299 e. The molecule has 2 aliphatic heterocycles. The molecule has 35 heavy (non-hydrogen) atoms. The number of rotatable bonds is 5. The summed E-state index contributed by atoms with van der Waals surface area (Å²) >= 11 is 0. The normalized spacial score (nSPS) is 19.5. The van der Waals surface area contributed by atoms with Gasteiger partial charge in [0, 0.05) is 37.8 Å². The average molecular weight is 486 g/mol. The van der Waals surface area contributed by atoms with E-state index in [-0.39, 0.29) is 6.04 Å². The van der Waals surface area contributed by atoms with Gasteiger partial charge in [0.2, 0.25) is 0 Å². The van der Waals surface area contributed by atoms with Crippen LogP contribution in [0.4, 0.5) is 0 Å². The molecule has 0 unspecified atom stereocenters. The molecule has 0 atom stereocenters. The predicted molar refractivity (Wildman–Crippen MR) is 138 cm³/mol. The highest BCUT2D eigenvalue weighted by Gasteiger charge is 2.24. The highest BCUT2D eigenvalue weighted by molar-refractivity contribution is 7.88. The van der Waals surface area contributed by atoms with Crippen LogP contribution in [-0.4, -0.2) is 38.3 Å². The lowest BCUT2D eigenvalue weighted by Crippen LogP contribution is -2.45. The van der Waals surface area contributed by atoms with Gasteiger partial charge in [-0.15, -0.1) is 0 Å². The average Bonchev–Trinajstić information content (AvgIpc) is 2.85. The Morgan fingerprint density at radius 2 is 1.77 bits per heavy atom. The third kappa shape index (κ3) is 5.70. The van der Waals surface area contributed by atoms with Crippen LogP contribution < -0.4 is 9.44 Å². The van der Waals surface area contributed by atoms with E-state index < -0.39 is 10.2 Å². The molecule has 0 radical (unpaired) electrons. The van der Waals surface area contributed by atoms with Crippen LogP contribution in [0, 0.1) is 11.3 Å². The summed E-state index contributed by atoms with van der Waals surface area (Å²) < 4.78 is 30.2. The molecule has 3 aromatic carbocycles. The molecule has 2 aliphatic rings. The van der Waals surface area contributed by atoms with E-state index >= 15 is 0 Å². The molecule has 0 amide bonds. The van der Waals surface area contributed by atoms with Gasteiger partial charge in [-0.25, -0.2) is 0 Å². The zero-order valence-corrected chi connectivity index (χ0v) is 20.1. The van der Waals surface area contributed by atoms with Gasteiger partial charge in [0.25, 0.3) is 0 Å². The van der Waals surface area contributed by atoms with Gasteiger partial charge in [0.1, 0.15) is 5.84 Å². The summed E-state index contributed by atoms with van der Waals surface area (Å²) in [5.41, 5.74) is 3.47. The van der Waals surface area contributed by atoms with Crippen molar-refractivity contribution in [2.45, 2.75) is 31.8 Å². The van der Waals surface area contributed by atoms with Crippen LogP contribution in [0.2, 0.25) is 0 Å². The van der Waals surface area contributed by atoms with Gasteiger partial charge >= 0.3 is 10.2 Å². The number of likely N-dealkylation sites (tertiary alicyclic amines) is 1. The van der Waals surface area contributed by atoms with Crippen LogP contribution in [0.25, 0.3) is 10.8 Å². The Balaban J connectivity index is 1.27. The zero-order chi connectivity index (χ0) is 24.3. The Labute approximate surface area is 206 Å². The lowest BCUT2D eigenvalue weighted by Gasteiger charge is -2.31. The molecular weight excluding hydrogens is 458 g/mol. The molecule has 0 aliphatic carbocycles. The van der Waals surface area contributed by atoms with Crippen molar-refractivity contribution in [1.82, 2.24) is 14.3 Å². The number of fused-ring (bicyclic) bond motifs is 1. The number of hydrogen-bond acceptors (Lipinski definition) is 5. The molecule has 3 aromatic rings. The van der Waals surface area contributed by atoms with Gasteiger partial charge < -0.3 is 0 Å². The van der Waals surface area contributed by atoms with Crippen molar-refractivity contribution in [3.8, 4) is 6.07 Å². The zero-order valence-electron chi connectivity index (χ0n) is 19.3. The van der Waals surface area contributed by atoms with Gasteiger partial charge in [-0.2, -0.15) is 13.7 Å². The minimum atomic E-state index is -3.70. The van der Waals surface area contributed by atoms with Crippen LogP contribution in [0.3, 0.4) is 0 Å². The molecule has 0 saturated carbocycles. The minimum absolute atomic E-state index is 0.0579. The maximum absolute atomic E-state index is 12.5. The van der Waals surface area contributed by atoms with Crippen molar-refractivity contribution in [3.05, 3.63) is 95.2 Å². The van der Waals surface area contributed by atoms with Gasteiger partial charge in [-0.05, 0) is 46.9 Å². The Morgan fingerprint density at radius 1 is 1.00 bits per heavy atom. The summed E-state index contributed by atoms with van der Waals surface area (Å²) in [6, 6.07) is 24.1. The van der Waals surface area contributed by atoms with Crippen LogP contribution in [0.15, 0.2) is 83.5 Å². The molecule has 178 valence electrons. The standard InChI is InChI=1S/C27H27N5O2S/c28-18-20-5-3-6-21(15-20)19-32-13-11-24(12-14-32)29-27-17-25(30-35(33,34)31-27)16-23-9-4-8-22-7-1-2-10-26(22)23/h1-10,15,17,24,30H,11-14,16,19H2,(H,29,31). The van der Waals surface area contributed by atoms with E-state index in [4.69, 9.17) is 10.3 Å². The molecule has 7 nitrogen and oxygen atoms in total. The molecule has 1 saturated heterocycles. The van der Waals surface area contributed by atoms with Gasteiger partial charge in [-0.1, -0.05) is 54.6 Å². The Morgan fingerprint density at radius 3 is 2.60 bits per heavy atom. The second-order valence-corrected chi connectivity index (χ2v) is 10.4. The number of piperidine rings is 1. The number of nitrogens with zero attached hydrogens (tertiary/aromatic N) is 3. The lowest BCUT2D eigenvalue weighted by molar-refractivity contribution is 0.206. The van der Waals surface area contributed by atoms with E-state index in [1.807, 2.05) is 54.6 Å². The van der Waals surface area contributed by atoms with Crippen molar-refractivity contribution in [2.75, 3.05) is 13.1 Å². The van der Waals surface area contributed by atoms with Crippen molar-refractivity contribution in [2.24, 2.45) is 4.99 Å². The minimum Gasteiger partial charge on any atom is -0.299 e. The summed E-state index contributed by atoms with van der Waals surface area (Å²) in [6.07, 6.45) is 3.98. The number of aliphatic imine (C=N–C) groups is 1. The number of nitriles is 1. The van der Waals surface area contributed by atoms with Crippen molar-refractivity contribution >= 4 is 26.8 Å². The molecule has 8 heteroatoms. The van der Waals surface area contributed by atoms with Crippen LogP contribution in [0.1, 0.15) is 29.5 Å². The topological polar surface area (TPSA) is 97.6 Å². The summed E-state index contributed by atoms with van der Waals surface area (Å²) in [7, 11) is -3.70.